The van der Waals surface area contributed by atoms with Crippen LogP contribution in [-0.4, -0.2) is 26.7 Å². The van der Waals surface area contributed by atoms with Gasteiger partial charge in [-0.2, -0.15) is 5.26 Å². The van der Waals surface area contributed by atoms with Gasteiger partial charge in [0.1, 0.15) is 11.8 Å². The fourth-order valence-corrected chi connectivity index (χ4v) is 1.79. The minimum Gasteiger partial charge on any atom is -0.497 e. The lowest BCUT2D eigenvalue weighted by Gasteiger charge is -2.09. The van der Waals surface area contributed by atoms with E-state index in [9.17, 15) is 4.79 Å². The molecule has 1 rings (SSSR count). The number of nitrogens with one attached hydrogen (secondary N) is 1. The molecule has 1 N–H and O–H groups in total. The summed E-state index contributed by atoms with van der Waals surface area (Å²) in [5.74, 6) is 0.551. The Bertz CT molecular complexity index is 480. The summed E-state index contributed by atoms with van der Waals surface area (Å²) in [6.07, 6.45) is 3.14. The molecule has 0 bridgehead atoms. The Morgan fingerprint density at radius 2 is 2.10 bits per heavy atom. The van der Waals surface area contributed by atoms with Gasteiger partial charge in [0, 0.05) is 19.0 Å². The van der Waals surface area contributed by atoms with Crippen LogP contribution < -0.4 is 10.1 Å². The van der Waals surface area contributed by atoms with Gasteiger partial charge in [-0.05, 0) is 25.0 Å². The third-order valence-corrected chi connectivity index (χ3v) is 2.95. The van der Waals surface area contributed by atoms with E-state index in [2.05, 4.69) is 16.1 Å². The predicted molar refractivity (Wildman–Crippen MR) is 76.7 cm³/mol. The molecular weight excluding hydrogens is 256 g/mol. The quantitative estimate of drug-likeness (QED) is 0.584. The maximum Gasteiger partial charge on any atom is 0.305 e. The van der Waals surface area contributed by atoms with Crippen molar-refractivity contribution < 1.29 is 14.3 Å². The molecule has 108 valence electrons. The summed E-state index contributed by atoms with van der Waals surface area (Å²) in [7, 11) is 2.99. The van der Waals surface area contributed by atoms with Crippen molar-refractivity contribution in [1.29, 1.82) is 5.26 Å². The second-order valence-corrected chi connectivity index (χ2v) is 4.34. The number of anilines is 1. The smallest absolute Gasteiger partial charge is 0.305 e. The van der Waals surface area contributed by atoms with E-state index in [0.717, 1.165) is 37.2 Å². The van der Waals surface area contributed by atoms with Crippen LogP contribution in [0.25, 0.3) is 0 Å². The van der Waals surface area contributed by atoms with E-state index in [1.807, 2.05) is 6.07 Å². The van der Waals surface area contributed by atoms with E-state index in [1.165, 1.54) is 7.11 Å². The molecular formula is C15H20N2O3. The highest BCUT2D eigenvalue weighted by Gasteiger charge is 2.04. The van der Waals surface area contributed by atoms with E-state index in [4.69, 9.17) is 10.00 Å². The average Bonchev–Trinajstić information content (AvgIpc) is 2.50. The van der Waals surface area contributed by atoms with Crippen molar-refractivity contribution >= 4 is 11.7 Å². The predicted octanol–water partition coefficient (Wildman–Crippen LogP) is 2.71. The highest BCUT2D eigenvalue weighted by atomic mass is 16.5. The molecule has 1 aromatic rings. The fraction of sp³-hybridized carbons (Fsp3) is 0.467. The van der Waals surface area contributed by atoms with Crippen LogP contribution >= 0.6 is 0 Å². The van der Waals surface area contributed by atoms with Gasteiger partial charge in [-0.15, -0.1) is 0 Å². The molecule has 0 radical (unpaired) electrons. The van der Waals surface area contributed by atoms with Gasteiger partial charge in [-0.3, -0.25) is 4.79 Å². The van der Waals surface area contributed by atoms with Crippen molar-refractivity contribution in [2.45, 2.75) is 25.7 Å². The van der Waals surface area contributed by atoms with Gasteiger partial charge < -0.3 is 14.8 Å². The number of carbonyl (C=O) groups is 1. The standard InChI is InChI=1S/C15H20N2O3/c1-19-13-8-7-12(11-16)14(10-13)17-9-5-3-4-6-15(18)20-2/h7-8,10,17H,3-6,9H2,1-2H3. The molecule has 0 saturated heterocycles. The summed E-state index contributed by atoms with van der Waals surface area (Å²) in [6, 6.07) is 7.45. The number of nitriles is 1. The van der Waals surface area contributed by atoms with Crippen molar-refractivity contribution in [2.75, 3.05) is 26.1 Å². The monoisotopic (exact) mass is 276 g/mol. The Balaban J connectivity index is 2.34. The van der Waals surface area contributed by atoms with Crippen LogP contribution in [0.4, 0.5) is 5.69 Å². The van der Waals surface area contributed by atoms with E-state index in [1.54, 1.807) is 19.2 Å². The largest absolute Gasteiger partial charge is 0.497 e. The van der Waals surface area contributed by atoms with Crippen LogP contribution in [-0.2, 0) is 9.53 Å². The number of benzene rings is 1. The Morgan fingerprint density at radius 1 is 1.30 bits per heavy atom. The summed E-state index contributed by atoms with van der Waals surface area (Å²) in [5, 5.41) is 12.3. The van der Waals surface area contributed by atoms with E-state index in [0.29, 0.717) is 12.0 Å². The number of ether oxygens (including phenoxy) is 2. The molecule has 20 heavy (non-hydrogen) atoms. The van der Waals surface area contributed by atoms with Crippen LogP contribution in [0, 0.1) is 11.3 Å². The average molecular weight is 276 g/mol. The molecule has 5 nitrogen and oxygen atoms in total. The molecule has 0 amide bonds. The van der Waals surface area contributed by atoms with Gasteiger partial charge in [0.2, 0.25) is 0 Å². The first-order valence-corrected chi connectivity index (χ1v) is 6.60. The second-order valence-electron chi connectivity index (χ2n) is 4.34. The maximum atomic E-state index is 10.9. The zero-order valence-electron chi connectivity index (χ0n) is 11.9. The zero-order valence-corrected chi connectivity index (χ0v) is 11.9. The molecule has 0 fully saturated rings. The molecule has 0 aliphatic heterocycles. The molecule has 0 unspecified atom stereocenters. The first-order chi connectivity index (χ1) is 9.71. The molecule has 1 aromatic carbocycles. The van der Waals surface area contributed by atoms with Crippen LogP contribution in [0.1, 0.15) is 31.2 Å². The van der Waals surface area contributed by atoms with Crippen molar-refractivity contribution in [3.8, 4) is 11.8 Å². The SMILES string of the molecule is COC(=O)CCCCCNc1cc(OC)ccc1C#N. The van der Waals surface area contributed by atoms with Crippen molar-refractivity contribution in [3.05, 3.63) is 23.8 Å². The third-order valence-electron chi connectivity index (χ3n) is 2.95. The number of carbonyl (C=O) groups excluding carboxylic acids is 1. The second kappa shape index (κ2) is 8.81. The minimum absolute atomic E-state index is 0.169. The van der Waals surface area contributed by atoms with Gasteiger partial charge in [0.15, 0.2) is 0 Å². The first-order valence-electron chi connectivity index (χ1n) is 6.60. The van der Waals surface area contributed by atoms with Gasteiger partial charge in [0.05, 0.1) is 25.5 Å². The van der Waals surface area contributed by atoms with Crippen LogP contribution in [0.5, 0.6) is 5.75 Å². The van der Waals surface area contributed by atoms with Crippen LogP contribution in [0.15, 0.2) is 18.2 Å². The third kappa shape index (κ3) is 5.19. The highest BCUT2D eigenvalue weighted by Crippen LogP contribution is 2.21. The lowest BCUT2D eigenvalue weighted by molar-refractivity contribution is -0.140. The summed E-state index contributed by atoms with van der Waals surface area (Å²) in [5.41, 5.74) is 1.38. The first kappa shape index (κ1) is 15.8. The van der Waals surface area contributed by atoms with Gasteiger partial charge in [-0.1, -0.05) is 6.42 Å². The number of unbranched alkanes of at least 4 members (excludes halogenated alkanes) is 2. The number of rotatable bonds is 8. The van der Waals surface area contributed by atoms with E-state index in [-0.39, 0.29) is 5.97 Å². The summed E-state index contributed by atoms with van der Waals surface area (Å²) in [6.45, 7) is 0.753. The fourth-order valence-electron chi connectivity index (χ4n) is 1.79. The maximum absolute atomic E-state index is 10.9. The highest BCUT2D eigenvalue weighted by molar-refractivity contribution is 5.69. The lowest BCUT2D eigenvalue weighted by atomic mass is 10.1. The molecule has 0 atom stereocenters. The van der Waals surface area contributed by atoms with Gasteiger partial charge in [-0.25, -0.2) is 0 Å². The minimum atomic E-state index is -0.169. The molecule has 5 heteroatoms. The van der Waals surface area contributed by atoms with Gasteiger partial charge >= 0.3 is 5.97 Å². The summed E-state index contributed by atoms with van der Waals surface area (Å²) >= 11 is 0. The number of methoxy groups -OCH3 is 2. The van der Waals surface area contributed by atoms with Crippen molar-refractivity contribution in [2.24, 2.45) is 0 Å². The van der Waals surface area contributed by atoms with Crippen molar-refractivity contribution in [1.82, 2.24) is 0 Å². The summed E-state index contributed by atoms with van der Waals surface area (Å²) in [4.78, 5) is 10.9. The molecule has 0 spiro atoms. The molecule has 0 aliphatic carbocycles. The number of esters is 1. The van der Waals surface area contributed by atoms with E-state index >= 15 is 0 Å². The molecule has 0 heterocycles. The Morgan fingerprint density at radius 3 is 2.75 bits per heavy atom. The van der Waals surface area contributed by atoms with E-state index < -0.39 is 0 Å². The number of hydrogen-bond acceptors (Lipinski definition) is 5. The molecule has 0 saturated carbocycles. The zero-order chi connectivity index (χ0) is 14.8. The lowest BCUT2D eigenvalue weighted by Crippen LogP contribution is -2.04. The van der Waals surface area contributed by atoms with Crippen LogP contribution in [0.3, 0.4) is 0 Å². The number of hydrogen-bond donors (Lipinski definition) is 1. The van der Waals surface area contributed by atoms with Gasteiger partial charge in [0.25, 0.3) is 0 Å². The Kier molecular flexibility index (Phi) is 6.97. The Hall–Kier alpha value is -2.22. The molecule has 0 aromatic heterocycles. The van der Waals surface area contributed by atoms with Crippen LogP contribution in [0.2, 0.25) is 0 Å². The Labute approximate surface area is 119 Å². The summed E-state index contributed by atoms with van der Waals surface area (Å²) < 4.78 is 9.71. The normalized spacial score (nSPS) is 9.65. The van der Waals surface area contributed by atoms with Crippen molar-refractivity contribution in [3.63, 3.8) is 0 Å². The number of nitrogens with zero attached hydrogens (tertiary/aromatic N) is 1. The molecule has 0 aliphatic rings. The topological polar surface area (TPSA) is 71.3 Å².